The van der Waals surface area contributed by atoms with Gasteiger partial charge in [-0.1, -0.05) is 0 Å². The number of benzene rings is 2. The van der Waals surface area contributed by atoms with Crippen molar-refractivity contribution in [2.24, 2.45) is 0 Å². The van der Waals surface area contributed by atoms with E-state index in [4.69, 9.17) is 14.2 Å². The van der Waals surface area contributed by atoms with E-state index in [1.807, 2.05) is 0 Å². The van der Waals surface area contributed by atoms with Crippen LogP contribution in [0.15, 0.2) is 42.6 Å². The first-order valence-corrected chi connectivity index (χ1v) is 7.19. The average Bonchev–Trinajstić information content (AvgIpc) is 2.61. The molecule has 0 unspecified atom stereocenters. The molecule has 8 nitrogen and oxygen atoms in total. The van der Waals surface area contributed by atoms with Gasteiger partial charge in [0.2, 0.25) is 5.75 Å². The summed E-state index contributed by atoms with van der Waals surface area (Å²) in [7, 11) is 2.79. The zero-order chi connectivity index (χ0) is 18.0. The summed E-state index contributed by atoms with van der Waals surface area (Å²) in [6.45, 7) is 0. The Balaban J connectivity index is 2.03. The number of methoxy groups -OCH3 is 2. The second-order valence-electron chi connectivity index (χ2n) is 5.04. The molecule has 25 heavy (non-hydrogen) atoms. The first-order chi connectivity index (χ1) is 12.0. The minimum Gasteiger partial charge on any atom is -0.504 e. The van der Waals surface area contributed by atoms with Gasteiger partial charge < -0.3 is 19.3 Å². The van der Waals surface area contributed by atoms with Crippen molar-refractivity contribution in [1.29, 1.82) is 0 Å². The van der Waals surface area contributed by atoms with Crippen LogP contribution >= 0.6 is 0 Å². The van der Waals surface area contributed by atoms with Gasteiger partial charge in [-0.2, -0.15) is 0 Å². The first-order valence-electron chi connectivity index (χ1n) is 7.19. The molecule has 0 fully saturated rings. The van der Waals surface area contributed by atoms with Crippen LogP contribution in [0.25, 0.3) is 10.9 Å². The van der Waals surface area contributed by atoms with E-state index in [1.54, 1.807) is 18.3 Å². The number of pyridine rings is 1. The van der Waals surface area contributed by atoms with E-state index >= 15 is 0 Å². The smallest absolute Gasteiger partial charge is 0.311 e. The Morgan fingerprint density at radius 3 is 2.48 bits per heavy atom. The number of phenols is 1. The molecule has 0 radical (unpaired) electrons. The molecular weight excluding hydrogens is 328 g/mol. The molecular formula is C17H14N2O6. The lowest BCUT2D eigenvalue weighted by Gasteiger charge is -2.11. The third-order valence-electron chi connectivity index (χ3n) is 3.58. The summed E-state index contributed by atoms with van der Waals surface area (Å²) in [5, 5.41) is 21.5. The number of aromatic nitrogens is 1. The number of ether oxygens (including phenoxy) is 3. The highest BCUT2D eigenvalue weighted by Crippen LogP contribution is 2.38. The second kappa shape index (κ2) is 6.52. The Morgan fingerprint density at radius 1 is 1.04 bits per heavy atom. The summed E-state index contributed by atoms with van der Waals surface area (Å²) in [5.74, 6) is 1.12. The third-order valence-corrected chi connectivity index (χ3v) is 3.58. The Labute approximate surface area is 142 Å². The molecule has 0 aliphatic carbocycles. The molecule has 128 valence electrons. The van der Waals surface area contributed by atoms with Gasteiger partial charge in [0, 0.05) is 29.8 Å². The number of fused-ring (bicyclic) bond motifs is 1. The van der Waals surface area contributed by atoms with Gasteiger partial charge in [-0.25, -0.2) is 0 Å². The lowest BCUT2D eigenvalue weighted by Crippen LogP contribution is -1.95. The maximum absolute atomic E-state index is 11.0. The number of rotatable bonds is 5. The van der Waals surface area contributed by atoms with Crippen molar-refractivity contribution in [3.8, 4) is 28.7 Å². The second-order valence-corrected chi connectivity index (χ2v) is 5.04. The number of hydrogen-bond donors (Lipinski definition) is 1. The summed E-state index contributed by atoms with van der Waals surface area (Å²) < 4.78 is 15.9. The van der Waals surface area contributed by atoms with Crippen molar-refractivity contribution in [3.63, 3.8) is 0 Å². The maximum Gasteiger partial charge on any atom is 0.311 e. The van der Waals surface area contributed by atoms with Crippen LogP contribution in [0.4, 0.5) is 5.69 Å². The molecule has 3 aromatic rings. The molecule has 0 saturated carbocycles. The van der Waals surface area contributed by atoms with E-state index in [0.29, 0.717) is 28.2 Å². The van der Waals surface area contributed by atoms with Crippen LogP contribution in [0.1, 0.15) is 0 Å². The van der Waals surface area contributed by atoms with E-state index in [0.717, 1.165) is 0 Å². The number of nitro groups is 1. The van der Waals surface area contributed by atoms with Gasteiger partial charge in [0.1, 0.15) is 11.5 Å². The first kappa shape index (κ1) is 16.3. The molecule has 2 aromatic carbocycles. The summed E-state index contributed by atoms with van der Waals surface area (Å²) in [6.07, 6.45) is 1.55. The predicted octanol–water partition coefficient (Wildman–Crippen LogP) is 3.66. The fourth-order valence-corrected chi connectivity index (χ4v) is 2.39. The zero-order valence-corrected chi connectivity index (χ0v) is 13.4. The van der Waals surface area contributed by atoms with Gasteiger partial charge in [0.15, 0.2) is 11.5 Å². The minimum atomic E-state index is -0.533. The number of phenolic OH excluding ortho intramolecular Hbond substituents is 1. The number of aromatic hydroxyl groups is 1. The molecule has 1 heterocycles. The molecule has 0 spiro atoms. The molecule has 1 N–H and O–H groups in total. The lowest BCUT2D eigenvalue weighted by molar-refractivity contribution is -0.385. The van der Waals surface area contributed by atoms with Crippen LogP contribution in [0.3, 0.4) is 0 Å². The Bertz CT molecular complexity index is 957. The predicted molar refractivity (Wildman–Crippen MR) is 89.7 cm³/mol. The Hall–Kier alpha value is -3.55. The van der Waals surface area contributed by atoms with Gasteiger partial charge in [-0.15, -0.1) is 0 Å². The molecule has 1 aromatic heterocycles. The molecule has 0 amide bonds. The maximum atomic E-state index is 11.0. The van der Waals surface area contributed by atoms with Crippen LogP contribution in [-0.4, -0.2) is 29.2 Å². The van der Waals surface area contributed by atoms with Gasteiger partial charge in [0.05, 0.1) is 24.7 Å². The molecule has 3 rings (SSSR count). The lowest BCUT2D eigenvalue weighted by atomic mass is 10.2. The quantitative estimate of drug-likeness (QED) is 0.557. The van der Waals surface area contributed by atoms with Crippen molar-refractivity contribution in [3.05, 3.63) is 52.7 Å². The summed E-state index contributed by atoms with van der Waals surface area (Å²) in [5.41, 5.74) is 0.415. The van der Waals surface area contributed by atoms with Crippen molar-refractivity contribution < 1.29 is 24.2 Å². The monoisotopic (exact) mass is 342 g/mol. The van der Waals surface area contributed by atoms with E-state index in [1.165, 1.54) is 38.5 Å². The fraction of sp³-hybridized carbons (Fsp3) is 0.118. The van der Waals surface area contributed by atoms with Gasteiger partial charge >= 0.3 is 5.69 Å². The number of nitro benzene ring substituents is 1. The van der Waals surface area contributed by atoms with Crippen LogP contribution in [-0.2, 0) is 0 Å². The summed E-state index contributed by atoms with van der Waals surface area (Å²) >= 11 is 0. The topological polar surface area (TPSA) is 104 Å². The molecule has 0 atom stereocenters. The van der Waals surface area contributed by atoms with Gasteiger partial charge in [0.25, 0.3) is 0 Å². The fourth-order valence-electron chi connectivity index (χ4n) is 2.39. The largest absolute Gasteiger partial charge is 0.504 e. The third kappa shape index (κ3) is 3.09. The van der Waals surface area contributed by atoms with Gasteiger partial charge in [-0.05, 0) is 18.2 Å². The van der Waals surface area contributed by atoms with Crippen LogP contribution < -0.4 is 14.2 Å². The standard InChI is InChI=1S/C17H14N2O6/c1-23-16-7-10(3-4-13(16)19(21)22)25-15-5-6-18-12-9-17(24-2)14(20)8-11(12)15/h3-9,20H,1-2H3. The highest BCUT2D eigenvalue weighted by molar-refractivity contribution is 5.88. The number of hydrogen-bond acceptors (Lipinski definition) is 7. The van der Waals surface area contributed by atoms with E-state index in [-0.39, 0.29) is 17.2 Å². The normalized spacial score (nSPS) is 10.5. The van der Waals surface area contributed by atoms with Crippen LogP contribution in [0.5, 0.6) is 28.7 Å². The van der Waals surface area contributed by atoms with Crippen molar-refractivity contribution in [1.82, 2.24) is 4.98 Å². The van der Waals surface area contributed by atoms with E-state index < -0.39 is 4.92 Å². The van der Waals surface area contributed by atoms with Crippen molar-refractivity contribution in [2.75, 3.05) is 14.2 Å². The molecule has 0 aliphatic heterocycles. The Morgan fingerprint density at radius 2 is 1.80 bits per heavy atom. The van der Waals surface area contributed by atoms with Crippen molar-refractivity contribution >= 4 is 16.6 Å². The van der Waals surface area contributed by atoms with Gasteiger partial charge in [-0.3, -0.25) is 15.1 Å². The average molecular weight is 342 g/mol. The Kier molecular flexibility index (Phi) is 4.25. The highest BCUT2D eigenvalue weighted by atomic mass is 16.6. The molecule has 0 saturated heterocycles. The molecule has 0 aliphatic rings. The molecule has 8 heteroatoms. The zero-order valence-electron chi connectivity index (χ0n) is 13.4. The van der Waals surface area contributed by atoms with Crippen LogP contribution in [0, 0.1) is 10.1 Å². The highest BCUT2D eigenvalue weighted by Gasteiger charge is 2.16. The van der Waals surface area contributed by atoms with E-state index in [9.17, 15) is 15.2 Å². The summed E-state index contributed by atoms with van der Waals surface area (Å²) in [4.78, 5) is 14.6. The summed E-state index contributed by atoms with van der Waals surface area (Å²) in [6, 6.07) is 8.90. The van der Waals surface area contributed by atoms with E-state index in [2.05, 4.69) is 4.98 Å². The molecule has 0 bridgehead atoms. The van der Waals surface area contributed by atoms with Crippen LogP contribution in [0.2, 0.25) is 0 Å². The number of nitrogens with zero attached hydrogens (tertiary/aromatic N) is 2. The van der Waals surface area contributed by atoms with Crippen molar-refractivity contribution in [2.45, 2.75) is 0 Å². The minimum absolute atomic E-state index is 0.0471. The SMILES string of the molecule is COc1cc2nccc(Oc3ccc([N+](=O)[O-])c(OC)c3)c2cc1O.